The molecule has 0 aromatic heterocycles. The number of Topliss-reactive ketones (excluding diaryl/α,β-unsaturated/α-hetero) is 1. The van der Waals surface area contributed by atoms with Gasteiger partial charge in [-0.3, -0.25) is 9.59 Å². The normalized spacial score (nSPS) is 17.9. The third-order valence-corrected chi connectivity index (χ3v) is 4.15. The fourth-order valence-electron chi connectivity index (χ4n) is 2.83. The van der Waals surface area contributed by atoms with Crippen molar-refractivity contribution in [2.24, 2.45) is 5.92 Å². The lowest BCUT2D eigenvalue weighted by Crippen LogP contribution is -2.45. The third-order valence-electron chi connectivity index (χ3n) is 4.15. The van der Waals surface area contributed by atoms with Crippen molar-refractivity contribution < 1.29 is 27.9 Å². The number of nitrogens with zero attached hydrogens (tertiary/aromatic N) is 1. The van der Waals surface area contributed by atoms with Crippen molar-refractivity contribution in [1.29, 1.82) is 0 Å². The lowest BCUT2D eigenvalue weighted by Gasteiger charge is -2.35. The van der Waals surface area contributed by atoms with Gasteiger partial charge in [0.05, 0.1) is 5.56 Å². The van der Waals surface area contributed by atoms with E-state index in [1.165, 1.54) is 17.9 Å². The third kappa shape index (κ3) is 3.90. The second kappa shape index (κ2) is 6.70. The molecule has 23 heavy (non-hydrogen) atoms. The number of hydrogen-bond acceptors (Lipinski definition) is 3. The predicted molar refractivity (Wildman–Crippen MR) is 77.1 cm³/mol. The molecule has 0 radical (unpaired) electrons. The van der Waals surface area contributed by atoms with Crippen molar-refractivity contribution in [2.45, 2.75) is 32.0 Å². The Kier molecular flexibility index (Phi) is 5.09. The molecule has 126 valence electrons. The molecule has 1 atom stereocenters. The van der Waals surface area contributed by atoms with E-state index in [-0.39, 0.29) is 43.2 Å². The van der Waals surface area contributed by atoms with Crippen molar-refractivity contribution in [3.05, 3.63) is 35.4 Å². The zero-order valence-corrected chi connectivity index (χ0v) is 12.6. The van der Waals surface area contributed by atoms with E-state index in [1.54, 1.807) is 18.2 Å². The summed E-state index contributed by atoms with van der Waals surface area (Å²) in [5, 5.41) is 9.30. The van der Waals surface area contributed by atoms with Crippen LogP contribution in [0.2, 0.25) is 0 Å². The first kappa shape index (κ1) is 17.5. The van der Waals surface area contributed by atoms with Crippen molar-refractivity contribution in [3.8, 4) is 0 Å². The molecule has 1 fully saturated rings. The minimum atomic E-state index is -4.64. The summed E-state index contributed by atoms with van der Waals surface area (Å²) < 4.78 is 37.6. The van der Waals surface area contributed by atoms with Gasteiger partial charge in [0.15, 0.2) is 11.9 Å². The quantitative estimate of drug-likeness (QED) is 0.868. The van der Waals surface area contributed by atoms with Crippen LogP contribution in [0.25, 0.3) is 0 Å². The van der Waals surface area contributed by atoms with Crippen LogP contribution in [-0.4, -0.2) is 47.1 Å². The number of carbonyl (C=O) groups excluding carboxylic acids is 2. The number of rotatable bonds is 3. The Hall–Kier alpha value is -1.89. The van der Waals surface area contributed by atoms with Crippen LogP contribution in [0.4, 0.5) is 13.2 Å². The Morgan fingerprint density at radius 2 is 1.70 bits per heavy atom. The Labute approximate surface area is 131 Å². The molecule has 1 aliphatic rings. The summed E-state index contributed by atoms with van der Waals surface area (Å²) in [4.78, 5) is 25.5. The zero-order valence-electron chi connectivity index (χ0n) is 12.6. The number of piperidine rings is 1. The molecule has 1 amide bonds. The molecule has 1 unspecified atom stereocenters. The summed E-state index contributed by atoms with van der Waals surface area (Å²) in [6, 6.07) is 6.38. The highest BCUT2D eigenvalue weighted by molar-refractivity contribution is 6.07. The van der Waals surface area contributed by atoms with Crippen LogP contribution in [0, 0.1) is 5.92 Å². The van der Waals surface area contributed by atoms with Gasteiger partial charge >= 0.3 is 6.18 Å². The maximum Gasteiger partial charge on any atom is 0.414 e. The first-order valence-electron chi connectivity index (χ1n) is 7.36. The van der Waals surface area contributed by atoms with E-state index in [1.807, 2.05) is 0 Å². The second-order valence-corrected chi connectivity index (χ2v) is 5.72. The van der Waals surface area contributed by atoms with Crippen LogP contribution in [0.15, 0.2) is 24.3 Å². The fourth-order valence-corrected chi connectivity index (χ4v) is 2.83. The van der Waals surface area contributed by atoms with Crippen LogP contribution >= 0.6 is 0 Å². The molecule has 0 saturated carbocycles. The largest absolute Gasteiger partial charge is 0.414 e. The van der Waals surface area contributed by atoms with Gasteiger partial charge in [0.1, 0.15) is 0 Å². The molecular weight excluding hydrogens is 311 g/mol. The number of alkyl halides is 3. The van der Waals surface area contributed by atoms with Gasteiger partial charge in [-0.05, 0) is 31.7 Å². The molecular formula is C16H18F3NO3. The highest BCUT2D eigenvalue weighted by Crippen LogP contribution is 2.32. The average Bonchev–Trinajstić information content (AvgIpc) is 2.52. The summed E-state index contributed by atoms with van der Waals surface area (Å²) in [6.07, 6.45) is -6.84. The molecule has 1 aromatic carbocycles. The monoisotopic (exact) mass is 329 g/mol. The minimum Gasteiger partial charge on any atom is -0.383 e. The van der Waals surface area contributed by atoms with E-state index in [0.717, 1.165) is 0 Å². The Morgan fingerprint density at radius 3 is 2.17 bits per heavy atom. The van der Waals surface area contributed by atoms with Crippen LogP contribution in [0.3, 0.4) is 0 Å². The van der Waals surface area contributed by atoms with Crippen molar-refractivity contribution in [1.82, 2.24) is 4.90 Å². The molecule has 0 spiro atoms. The summed E-state index contributed by atoms with van der Waals surface area (Å²) in [5.41, 5.74) is 0.560. The number of aliphatic hydroxyl groups excluding tert-OH is 1. The molecule has 1 saturated heterocycles. The van der Waals surface area contributed by atoms with Gasteiger partial charge in [-0.2, -0.15) is 13.2 Å². The summed E-state index contributed by atoms with van der Waals surface area (Å²) in [5.74, 6) is -1.51. The number of benzene rings is 1. The number of aliphatic hydroxyl groups is 1. The maximum absolute atomic E-state index is 12.5. The molecule has 1 aromatic rings. The van der Waals surface area contributed by atoms with Gasteiger partial charge < -0.3 is 10.0 Å². The number of ketones is 1. The van der Waals surface area contributed by atoms with E-state index in [2.05, 4.69) is 0 Å². The number of likely N-dealkylation sites (tertiary alicyclic amines) is 1. The minimum absolute atomic E-state index is 0.0780. The number of hydrogen-bond donors (Lipinski definition) is 1. The molecule has 1 aliphatic heterocycles. The van der Waals surface area contributed by atoms with Crippen LogP contribution in [-0.2, 0) is 0 Å². The van der Waals surface area contributed by atoms with E-state index < -0.39 is 18.2 Å². The Morgan fingerprint density at radius 1 is 1.17 bits per heavy atom. The lowest BCUT2D eigenvalue weighted by atomic mass is 9.90. The maximum atomic E-state index is 12.5. The molecule has 7 heteroatoms. The van der Waals surface area contributed by atoms with E-state index in [0.29, 0.717) is 5.56 Å². The predicted octanol–water partition coefficient (Wildman–Crippen LogP) is 2.66. The number of halogens is 3. The SMILES string of the molecule is CC(=O)c1ccccc1C(=O)N1CCC(C(O)C(F)(F)F)CC1. The summed E-state index contributed by atoms with van der Waals surface area (Å²) in [6.45, 7) is 1.61. The van der Waals surface area contributed by atoms with Gasteiger partial charge in [0.2, 0.25) is 0 Å². The molecule has 0 aliphatic carbocycles. The van der Waals surface area contributed by atoms with Gasteiger partial charge in [0.25, 0.3) is 5.91 Å². The number of carbonyl (C=O) groups is 2. The topological polar surface area (TPSA) is 57.6 Å². The van der Waals surface area contributed by atoms with E-state index in [9.17, 15) is 27.9 Å². The van der Waals surface area contributed by atoms with E-state index >= 15 is 0 Å². The fraction of sp³-hybridized carbons (Fsp3) is 0.500. The average molecular weight is 329 g/mol. The highest BCUT2D eigenvalue weighted by atomic mass is 19.4. The smallest absolute Gasteiger partial charge is 0.383 e. The van der Waals surface area contributed by atoms with E-state index in [4.69, 9.17) is 0 Å². The van der Waals surface area contributed by atoms with Gasteiger partial charge in [-0.15, -0.1) is 0 Å². The Bertz CT molecular complexity index is 592. The van der Waals surface area contributed by atoms with Crippen LogP contribution < -0.4 is 0 Å². The van der Waals surface area contributed by atoms with Crippen molar-refractivity contribution >= 4 is 11.7 Å². The van der Waals surface area contributed by atoms with Gasteiger partial charge in [0, 0.05) is 18.7 Å². The molecule has 0 bridgehead atoms. The molecule has 4 nitrogen and oxygen atoms in total. The lowest BCUT2D eigenvalue weighted by molar-refractivity contribution is -0.222. The first-order chi connectivity index (χ1) is 10.7. The Balaban J connectivity index is 2.06. The van der Waals surface area contributed by atoms with Gasteiger partial charge in [-0.1, -0.05) is 18.2 Å². The van der Waals surface area contributed by atoms with Crippen LogP contribution in [0.5, 0.6) is 0 Å². The standard InChI is InChI=1S/C16H18F3NO3/c1-10(21)12-4-2-3-5-13(12)15(23)20-8-6-11(7-9-20)14(22)16(17,18)19/h2-5,11,14,22H,6-9H2,1H3. The summed E-state index contributed by atoms with van der Waals surface area (Å²) >= 11 is 0. The van der Waals surface area contributed by atoms with Crippen molar-refractivity contribution in [3.63, 3.8) is 0 Å². The molecule has 1 N–H and O–H groups in total. The molecule has 2 rings (SSSR count). The highest BCUT2D eigenvalue weighted by Gasteiger charge is 2.44. The molecule has 1 heterocycles. The first-order valence-corrected chi connectivity index (χ1v) is 7.36. The second-order valence-electron chi connectivity index (χ2n) is 5.72. The number of amides is 1. The van der Waals surface area contributed by atoms with Crippen LogP contribution in [0.1, 0.15) is 40.5 Å². The summed E-state index contributed by atoms with van der Waals surface area (Å²) in [7, 11) is 0. The van der Waals surface area contributed by atoms with Crippen molar-refractivity contribution in [2.75, 3.05) is 13.1 Å². The van der Waals surface area contributed by atoms with Gasteiger partial charge in [-0.25, -0.2) is 0 Å². The zero-order chi connectivity index (χ0) is 17.2.